The van der Waals surface area contributed by atoms with Crippen LogP contribution in [0, 0.1) is 10.1 Å². The highest BCUT2D eigenvalue weighted by atomic mass is 16.6. The van der Waals surface area contributed by atoms with Crippen LogP contribution in [-0.2, 0) is 6.42 Å². The SMILES string of the molecule is O=C([O-])c1cccc([N+](=O)[O-])c1.[NH3+]CCc1ccc(O)cc1. The van der Waals surface area contributed by atoms with Gasteiger partial charge in [0.2, 0.25) is 0 Å². The fourth-order valence-electron chi connectivity index (χ4n) is 1.61. The Bertz CT molecular complexity index is 611. The van der Waals surface area contributed by atoms with Crippen molar-refractivity contribution >= 4 is 11.7 Å². The molecule has 22 heavy (non-hydrogen) atoms. The number of phenols is 1. The maximum atomic E-state index is 10.2. The number of carbonyl (C=O) groups is 1. The lowest BCUT2D eigenvalue weighted by molar-refractivity contribution is -0.385. The van der Waals surface area contributed by atoms with Gasteiger partial charge in [-0.25, -0.2) is 0 Å². The maximum Gasteiger partial charge on any atom is 0.270 e. The first-order chi connectivity index (χ1) is 10.4. The zero-order valence-corrected chi connectivity index (χ0v) is 11.8. The predicted octanol–water partition coefficient (Wildman–Crippen LogP) is 0.135. The summed E-state index contributed by atoms with van der Waals surface area (Å²) in [5, 5.41) is 29.3. The van der Waals surface area contributed by atoms with Crippen LogP contribution >= 0.6 is 0 Å². The molecule has 0 aromatic heterocycles. The third-order valence-electron chi connectivity index (χ3n) is 2.69. The smallest absolute Gasteiger partial charge is 0.270 e. The molecule has 0 atom stereocenters. The fourth-order valence-corrected chi connectivity index (χ4v) is 1.61. The first kappa shape index (κ1) is 17.1. The highest BCUT2D eigenvalue weighted by Crippen LogP contribution is 2.12. The van der Waals surface area contributed by atoms with E-state index in [1.54, 1.807) is 12.1 Å². The Morgan fingerprint density at radius 2 is 1.82 bits per heavy atom. The lowest BCUT2D eigenvalue weighted by Gasteiger charge is -1.99. The lowest BCUT2D eigenvalue weighted by Crippen LogP contribution is -2.51. The summed E-state index contributed by atoms with van der Waals surface area (Å²) in [7, 11) is 0. The molecular formula is C15H16N2O5. The molecule has 4 N–H and O–H groups in total. The second-order valence-corrected chi connectivity index (χ2v) is 4.36. The quantitative estimate of drug-likeness (QED) is 0.612. The van der Waals surface area contributed by atoms with Crippen LogP contribution in [0.1, 0.15) is 15.9 Å². The number of nitro benzene ring substituents is 1. The van der Waals surface area contributed by atoms with Crippen molar-refractivity contribution in [1.82, 2.24) is 0 Å². The monoisotopic (exact) mass is 304 g/mol. The first-order valence-corrected chi connectivity index (χ1v) is 6.47. The van der Waals surface area contributed by atoms with Crippen LogP contribution in [0.2, 0.25) is 0 Å². The Balaban J connectivity index is 0.000000224. The van der Waals surface area contributed by atoms with Crippen molar-refractivity contribution in [2.24, 2.45) is 0 Å². The van der Waals surface area contributed by atoms with Crippen LogP contribution in [0.15, 0.2) is 48.5 Å². The summed E-state index contributed by atoms with van der Waals surface area (Å²) in [5.41, 5.74) is 4.53. The van der Waals surface area contributed by atoms with Gasteiger partial charge in [-0.05, 0) is 17.7 Å². The largest absolute Gasteiger partial charge is 0.545 e. The number of nitrogens with zero attached hydrogens (tertiary/aromatic N) is 1. The van der Waals surface area contributed by atoms with Gasteiger partial charge in [-0.1, -0.05) is 24.3 Å². The zero-order chi connectivity index (χ0) is 16.5. The molecule has 0 aliphatic heterocycles. The van der Waals surface area contributed by atoms with Crippen molar-refractivity contribution in [2.45, 2.75) is 6.42 Å². The highest BCUT2D eigenvalue weighted by molar-refractivity contribution is 5.86. The Morgan fingerprint density at radius 1 is 1.18 bits per heavy atom. The number of hydrogen-bond acceptors (Lipinski definition) is 5. The molecule has 0 unspecified atom stereocenters. The van der Waals surface area contributed by atoms with E-state index in [-0.39, 0.29) is 11.3 Å². The molecule has 0 bridgehead atoms. The second-order valence-electron chi connectivity index (χ2n) is 4.36. The van der Waals surface area contributed by atoms with Crippen molar-refractivity contribution in [3.8, 4) is 5.75 Å². The zero-order valence-electron chi connectivity index (χ0n) is 11.8. The highest BCUT2D eigenvalue weighted by Gasteiger charge is 2.04. The standard InChI is InChI=1S/C8H11NO.C7H5NO4/c9-6-5-7-1-3-8(10)4-2-7;9-7(10)5-2-1-3-6(4-5)8(11)12/h1-4,10H,5-6,9H2;1-4H,(H,9,10). The number of phenolic OH excluding ortho intramolecular Hbond substituents is 1. The number of quaternary nitrogens is 1. The third-order valence-corrected chi connectivity index (χ3v) is 2.69. The van der Waals surface area contributed by atoms with E-state index in [1.165, 1.54) is 23.8 Å². The van der Waals surface area contributed by atoms with E-state index in [2.05, 4.69) is 5.73 Å². The Kier molecular flexibility index (Phi) is 6.52. The van der Waals surface area contributed by atoms with Crippen LogP contribution in [0.4, 0.5) is 5.69 Å². The molecule has 0 aliphatic carbocycles. The predicted molar refractivity (Wildman–Crippen MR) is 77.0 cm³/mol. The molecule has 0 amide bonds. The number of nitro groups is 1. The van der Waals surface area contributed by atoms with Gasteiger partial charge >= 0.3 is 0 Å². The van der Waals surface area contributed by atoms with Gasteiger partial charge in [-0.2, -0.15) is 0 Å². The van der Waals surface area contributed by atoms with Crippen LogP contribution in [-0.4, -0.2) is 22.5 Å². The molecule has 2 aromatic rings. The summed E-state index contributed by atoms with van der Waals surface area (Å²) < 4.78 is 0. The number of benzene rings is 2. The molecule has 2 rings (SSSR count). The van der Waals surface area contributed by atoms with Gasteiger partial charge in [0, 0.05) is 24.1 Å². The number of aromatic hydroxyl groups is 1. The number of aromatic carboxylic acids is 1. The molecule has 0 radical (unpaired) electrons. The number of hydrogen-bond donors (Lipinski definition) is 2. The van der Waals surface area contributed by atoms with E-state index in [0.717, 1.165) is 19.0 Å². The molecule has 0 fully saturated rings. The second kappa shape index (κ2) is 8.38. The van der Waals surface area contributed by atoms with Gasteiger partial charge in [0.1, 0.15) is 5.75 Å². The van der Waals surface area contributed by atoms with Crippen molar-refractivity contribution in [1.29, 1.82) is 0 Å². The topological polar surface area (TPSA) is 131 Å². The number of non-ortho nitro benzene ring substituents is 1. The van der Waals surface area contributed by atoms with Crippen LogP contribution in [0.5, 0.6) is 5.75 Å². The molecule has 0 aliphatic rings. The van der Waals surface area contributed by atoms with Crippen molar-refractivity contribution < 1.29 is 25.7 Å². The summed E-state index contributed by atoms with van der Waals surface area (Å²) in [6.07, 6.45) is 0.986. The molecule has 0 heterocycles. The van der Waals surface area contributed by atoms with Crippen molar-refractivity contribution in [2.75, 3.05) is 6.54 Å². The third kappa shape index (κ3) is 5.59. The van der Waals surface area contributed by atoms with E-state index in [9.17, 15) is 20.0 Å². The van der Waals surface area contributed by atoms with Crippen LogP contribution < -0.4 is 10.8 Å². The first-order valence-electron chi connectivity index (χ1n) is 6.47. The van der Waals surface area contributed by atoms with E-state index >= 15 is 0 Å². The van der Waals surface area contributed by atoms with Gasteiger partial charge in [0.15, 0.2) is 0 Å². The number of rotatable bonds is 4. The molecule has 0 spiro atoms. The Morgan fingerprint density at radius 3 is 2.32 bits per heavy atom. The average Bonchev–Trinajstić information content (AvgIpc) is 2.50. The van der Waals surface area contributed by atoms with E-state index in [4.69, 9.17) is 5.11 Å². The summed E-state index contributed by atoms with van der Waals surface area (Å²) in [6, 6.07) is 11.9. The van der Waals surface area contributed by atoms with Gasteiger partial charge < -0.3 is 20.7 Å². The molecule has 116 valence electrons. The normalized spacial score (nSPS) is 9.50. The summed E-state index contributed by atoms with van der Waals surface area (Å²) in [4.78, 5) is 19.7. The van der Waals surface area contributed by atoms with Crippen molar-refractivity contribution in [3.05, 3.63) is 69.8 Å². The van der Waals surface area contributed by atoms with Crippen LogP contribution in [0.3, 0.4) is 0 Å². The maximum absolute atomic E-state index is 10.2. The molecular weight excluding hydrogens is 288 g/mol. The van der Waals surface area contributed by atoms with Gasteiger partial charge in [0.05, 0.1) is 17.4 Å². The summed E-state index contributed by atoms with van der Waals surface area (Å²) in [6.45, 7) is 0.908. The molecule has 0 saturated heterocycles. The summed E-state index contributed by atoms with van der Waals surface area (Å²) >= 11 is 0. The van der Waals surface area contributed by atoms with E-state index in [1.807, 2.05) is 12.1 Å². The van der Waals surface area contributed by atoms with Gasteiger partial charge in [0.25, 0.3) is 5.69 Å². The minimum absolute atomic E-state index is 0.191. The minimum atomic E-state index is -1.42. The molecule has 7 heteroatoms. The molecule has 0 saturated carbocycles. The fraction of sp³-hybridized carbons (Fsp3) is 0.133. The minimum Gasteiger partial charge on any atom is -0.545 e. The number of carboxylic acids is 1. The van der Waals surface area contributed by atoms with Gasteiger partial charge in [-0.15, -0.1) is 0 Å². The summed E-state index contributed by atoms with van der Waals surface area (Å²) in [5.74, 6) is -1.09. The van der Waals surface area contributed by atoms with E-state index < -0.39 is 10.9 Å². The van der Waals surface area contributed by atoms with Crippen molar-refractivity contribution in [3.63, 3.8) is 0 Å². The number of carboxylic acid groups (broad SMARTS) is 1. The lowest BCUT2D eigenvalue weighted by atomic mass is 10.1. The Labute approximate surface area is 126 Å². The molecule has 2 aromatic carbocycles. The number of carbonyl (C=O) groups excluding carboxylic acids is 1. The van der Waals surface area contributed by atoms with Crippen LogP contribution in [0.25, 0.3) is 0 Å². The average molecular weight is 304 g/mol. The van der Waals surface area contributed by atoms with Gasteiger partial charge in [-0.3, -0.25) is 10.1 Å². The Hall–Kier alpha value is -2.93. The van der Waals surface area contributed by atoms with E-state index in [0.29, 0.717) is 5.75 Å². The molecule has 7 nitrogen and oxygen atoms in total.